The monoisotopic (exact) mass is 205 g/mol. The number of β-amino-alcohol motifs (C(OH)–C–C–N with tert-alkyl or cyclic N) is 1. The lowest BCUT2D eigenvalue weighted by Gasteiger charge is -2.34. The van der Waals surface area contributed by atoms with E-state index in [2.05, 4.69) is 0 Å². The van der Waals surface area contributed by atoms with Crippen LogP contribution in [-0.2, 0) is 6.42 Å². The van der Waals surface area contributed by atoms with E-state index in [9.17, 15) is 4.79 Å². The van der Waals surface area contributed by atoms with Gasteiger partial charge in [0.1, 0.15) is 0 Å². The molecule has 1 heterocycles. The summed E-state index contributed by atoms with van der Waals surface area (Å²) in [6, 6.07) is 7.87. The van der Waals surface area contributed by atoms with Gasteiger partial charge >= 0.3 is 0 Å². The minimum Gasteiger partial charge on any atom is -0.395 e. The number of benzene rings is 1. The fraction of sp³-hybridized carbons (Fsp3) is 0.417. The van der Waals surface area contributed by atoms with Gasteiger partial charge in [-0.25, -0.2) is 0 Å². The molecule has 0 radical (unpaired) electrons. The Balaban J connectivity index is 2.34. The number of amides is 1. The summed E-state index contributed by atoms with van der Waals surface area (Å²) in [5, 5.41) is 8.91. The number of aliphatic hydroxyl groups is 1. The Morgan fingerprint density at radius 2 is 2.20 bits per heavy atom. The molecule has 3 nitrogen and oxygen atoms in total. The van der Waals surface area contributed by atoms with Crippen molar-refractivity contribution in [3.63, 3.8) is 0 Å². The molecule has 0 spiro atoms. The molecular weight excluding hydrogens is 190 g/mol. The Labute approximate surface area is 89.3 Å². The highest BCUT2D eigenvalue weighted by atomic mass is 16.3. The van der Waals surface area contributed by atoms with Crippen LogP contribution in [0.15, 0.2) is 24.3 Å². The normalized spacial score (nSPS) is 20.3. The lowest BCUT2D eigenvalue weighted by Crippen LogP contribution is -2.45. The van der Waals surface area contributed by atoms with E-state index < -0.39 is 0 Å². The van der Waals surface area contributed by atoms with Crippen LogP contribution in [0.3, 0.4) is 0 Å². The number of aliphatic hydroxyl groups excluding tert-OH is 1. The molecule has 0 saturated carbocycles. The predicted octanol–water partition coefficient (Wildman–Crippen LogP) is 1.07. The van der Waals surface area contributed by atoms with Crippen molar-refractivity contribution in [1.29, 1.82) is 0 Å². The van der Waals surface area contributed by atoms with Crippen molar-refractivity contribution < 1.29 is 9.90 Å². The smallest absolute Gasteiger partial charge is 0.254 e. The maximum Gasteiger partial charge on any atom is 0.254 e. The third kappa shape index (κ3) is 1.75. The quantitative estimate of drug-likeness (QED) is 0.784. The van der Waals surface area contributed by atoms with Gasteiger partial charge in [-0.05, 0) is 25.0 Å². The third-order valence-electron chi connectivity index (χ3n) is 2.90. The van der Waals surface area contributed by atoms with Crippen LogP contribution in [0.5, 0.6) is 0 Å². The van der Waals surface area contributed by atoms with Gasteiger partial charge in [0.2, 0.25) is 0 Å². The van der Waals surface area contributed by atoms with E-state index >= 15 is 0 Å². The molecule has 0 aromatic heterocycles. The highest BCUT2D eigenvalue weighted by molar-refractivity contribution is 5.97. The molecule has 1 aliphatic rings. The van der Waals surface area contributed by atoms with Gasteiger partial charge in [0, 0.05) is 18.2 Å². The molecule has 1 amide bonds. The van der Waals surface area contributed by atoms with Gasteiger partial charge in [-0.3, -0.25) is 4.79 Å². The number of hydrogen-bond donors (Lipinski definition) is 1. The average Bonchev–Trinajstić information content (AvgIpc) is 2.24. The second kappa shape index (κ2) is 4.03. The fourth-order valence-corrected chi connectivity index (χ4v) is 2.12. The molecular formula is C12H15NO2. The van der Waals surface area contributed by atoms with Gasteiger partial charge in [-0.1, -0.05) is 18.2 Å². The predicted molar refractivity (Wildman–Crippen MR) is 57.7 cm³/mol. The van der Waals surface area contributed by atoms with Crippen LogP contribution in [0.25, 0.3) is 0 Å². The number of rotatable bonds is 2. The summed E-state index contributed by atoms with van der Waals surface area (Å²) in [5.74, 6) is 0.0402. The molecule has 80 valence electrons. The second-order valence-electron chi connectivity index (χ2n) is 3.93. The molecule has 1 N–H and O–H groups in total. The zero-order valence-electron chi connectivity index (χ0n) is 8.81. The number of nitrogens with zero attached hydrogens (tertiary/aromatic N) is 1. The average molecular weight is 205 g/mol. The van der Waals surface area contributed by atoms with Gasteiger partial charge in [-0.2, -0.15) is 0 Å². The van der Waals surface area contributed by atoms with Crippen molar-refractivity contribution in [1.82, 2.24) is 4.90 Å². The summed E-state index contributed by atoms with van der Waals surface area (Å²) < 4.78 is 0. The van der Waals surface area contributed by atoms with Crippen LogP contribution >= 0.6 is 0 Å². The topological polar surface area (TPSA) is 40.5 Å². The fourth-order valence-electron chi connectivity index (χ4n) is 2.12. The molecule has 1 aliphatic heterocycles. The van der Waals surface area contributed by atoms with Crippen molar-refractivity contribution in [2.45, 2.75) is 19.4 Å². The first-order chi connectivity index (χ1) is 7.24. The number of carbonyl (C=O) groups excluding carboxylic acids is 1. The van der Waals surface area contributed by atoms with Gasteiger partial charge < -0.3 is 10.0 Å². The molecule has 1 atom stereocenters. The molecule has 0 bridgehead atoms. The van der Waals surface area contributed by atoms with E-state index in [4.69, 9.17) is 5.11 Å². The summed E-state index contributed by atoms with van der Waals surface area (Å²) in [4.78, 5) is 13.8. The van der Waals surface area contributed by atoms with Crippen LogP contribution in [0.1, 0.15) is 22.8 Å². The van der Waals surface area contributed by atoms with E-state index in [-0.39, 0.29) is 18.6 Å². The van der Waals surface area contributed by atoms with E-state index in [0.717, 1.165) is 17.5 Å². The molecule has 1 aromatic rings. The number of carbonyl (C=O) groups is 1. The summed E-state index contributed by atoms with van der Waals surface area (Å²) in [7, 11) is 0. The zero-order chi connectivity index (χ0) is 10.8. The first-order valence-electron chi connectivity index (χ1n) is 5.23. The summed E-state index contributed by atoms with van der Waals surface area (Å²) in [6.07, 6.45) is 0.877. The standard InChI is InChI=1S/C12H15NO2/c1-9-8-10-4-2-3-5-11(10)12(15)13(9)6-7-14/h2-5,9,14H,6-8H2,1H3. The summed E-state index contributed by atoms with van der Waals surface area (Å²) in [5.41, 5.74) is 1.90. The van der Waals surface area contributed by atoms with Crippen molar-refractivity contribution in [2.24, 2.45) is 0 Å². The zero-order valence-corrected chi connectivity index (χ0v) is 8.81. The first-order valence-corrected chi connectivity index (χ1v) is 5.23. The summed E-state index contributed by atoms with van der Waals surface area (Å²) in [6.45, 7) is 2.47. The van der Waals surface area contributed by atoms with Crippen LogP contribution in [0.4, 0.5) is 0 Å². The minimum atomic E-state index is 0.0260. The van der Waals surface area contributed by atoms with Crippen molar-refractivity contribution in [2.75, 3.05) is 13.2 Å². The van der Waals surface area contributed by atoms with Crippen LogP contribution in [0, 0.1) is 0 Å². The molecule has 0 saturated heterocycles. The van der Waals surface area contributed by atoms with E-state index in [1.165, 1.54) is 0 Å². The molecule has 1 aromatic carbocycles. The maximum absolute atomic E-state index is 12.0. The molecule has 0 fully saturated rings. The second-order valence-corrected chi connectivity index (χ2v) is 3.93. The Morgan fingerprint density at radius 3 is 2.93 bits per heavy atom. The lowest BCUT2D eigenvalue weighted by molar-refractivity contribution is 0.0623. The molecule has 3 heteroatoms. The van der Waals surface area contributed by atoms with Gasteiger partial charge in [0.25, 0.3) is 5.91 Å². The van der Waals surface area contributed by atoms with E-state index in [1.54, 1.807) is 4.90 Å². The van der Waals surface area contributed by atoms with E-state index in [0.29, 0.717) is 6.54 Å². The van der Waals surface area contributed by atoms with Crippen LogP contribution < -0.4 is 0 Å². The van der Waals surface area contributed by atoms with Gasteiger partial charge in [0.05, 0.1) is 6.61 Å². The van der Waals surface area contributed by atoms with E-state index in [1.807, 2.05) is 31.2 Å². The first kappa shape index (κ1) is 10.2. The molecule has 2 rings (SSSR count). The minimum absolute atomic E-state index is 0.0260. The van der Waals surface area contributed by atoms with Crippen molar-refractivity contribution >= 4 is 5.91 Å². The number of hydrogen-bond acceptors (Lipinski definition) is 2. The van der Waals surface area contributed by atoms with Gasteiger partial charge in [-0.15, -0.1) is 0 Å². The Morgan fingerprint density at radius 1 is 1.47 bits per heavy atom. The molecule has 15 heavy (non-hydrogen) atoms. The third-order valence-corrected chi connectivity index (χ3v) is 2.90. The Bertz CT molecular complexity index is 376. The van der Waals surface area contributed by atoms with Crippen molar-refractivity contribution in [3.8, 4) is 0 Å². The highest BCUT2D eigenvalue weighted by Gasteiger charge is 2.28. The van der Waals surface area contributed by atoms with Gasteiger partial charge in [0.15, 0.2) is 0 Å². The molecule has 1 unspecified atom stereocenters. The van der Waals surface area contributed by atoms with Crippen LogP contribution in [0.2, 0.25) is 0 Å². The largest absolute Gasteiger partial charge is 0.395 e. The number of fused-ring (bicyclic) bond motifs is 1. The Hall–Kier alpha value is -1.35. The Kier molecular flexibility index (Phi) is 2.73. The summed E-state index contributed by atoms with van der Waals surface area (Å²) >= 11 is 0. The highest BCUT2D eigenvalue weighted by Crippen LogP contribution is 2.22. The molecule has 0 aliphatic carbocycles. The SMILES string of the molecule is CC1Cc2ccccc2C(=O)N1CCO. The van der Waals surface area contributed by atoms with Crippen molar-refractivity contribution in [3.05, 3.63) is 35.4 Å². The van der Waals surface area contributed by atoms with Crippen LogP contribution in [-0.4, -0.2) is 35.1 Å². The maximum atomic E-state index is 12.0. The lowest BCUT2D eigenvalue weighted by atomic mass is 9.94.